The van der Waals surface area contributed by atoms with Crippen LogP contribution in [-0.4, -0.2) is 28.8 Å². The van der Waals surface area contributed by atoms with E-state index in [0.717, 1.165) is 0 Å². The van der Waals surface area contributed by atoms with Crippen molar-refractivity contribution in [3.05, 3.63) is 36.0 Å². The lowest BCUT2D eigenvalue weighted by molar-refractivity contribution is -0.118. The molecule has 0 bridgehead atoms. The highest BCUT2D eigenvalue weighted by Crippen LogP contribution is 2.12. The molecule has 0 aromatic carbocycles. The summed E-state index contributed by atoms with van der Waals surface area (Å²) in [4.78, 5) is 21.9. The molecule has 3 N–H and O–H groups in total. The van der Waals surface area contributed by atoms with Gasteiger partial charge in [0.15, 0.2) is 0 Å². The molecule has 0 atom stereocenters. The van der Waals surface area contributed by atoms with E-state index in [0.29, 0.717) is 18.0 Å². The maximum absolute atomic E-state index is 11.2. The second-order valence-corrected chi connectivity index (χ2v) is 4.00. The number of esters is 1. The van der Waals surface area contributed by atoms with Crippen LogP contribution in [0.5, 0.6) is 0 Å². The Morgan fingerprint density at radius 3 is 3.00 bits per heavy atom. The number of nitrogens with two attached hydrogens (primary N) is 1. The molecular weight excluding hydrogens is 264 g/mol. The number of rotatable bonds is 6. The Balaban J connectivity index is 1.91. The summed E-state index contributed by atoms with van der Waals surface area (Å²) in [5, 5.41) is 7.01. The van der Waals surface area contributed by atoms with Crippen LogP contribution >= 0.6 is 0 Å². The van der Waals surface area contributed by atoms with E-state index in [1.54, 1.807) is 24.5 Å². The minimum Gasteiger partial charge on any atom is -0.463 e. The molecule has 8 nitrogen and oxygen atoms in total. The number of carbonyl (C=O) groups excluding carboxylic acids is 2. The number of hydrogen-bond acceptors (Lipinski definition) is 6. The number of primary amides is 1. The van der Waals surface area contributed by atoms with Crippen molar-refractivity contribution < 1.29 is 18.7 Å². The van der Waals surface area contributed by atoms with E-state index in [9.17, 15) is 9.59 Å². The van der Waals surface area contributed by atoms with Crippen molar-refractivity contribution in [2.45, 2.75) is 13.1 Å². The van der Waals surface area contributed by atoms with Crippen LogP contribution in [0.3, 0.4) is 0 Å². The molecule has 20 heavy (non-hydrogen) atoms. The molecule has 2 aromatic heterocycles. The maximum atomic E-state index is 11.2. The average Bonchev–Trinajstić information content (AvgIpc) is 3.04. The third-order valence-corrected chi connectivity index (χ3v) is 2.47. The van der Waals surface area contributed by atoms with Crippen LogP contribution in [-0.2, 0) is 22.6 Å². The van der Waals surface area contributed by atoms with Gasteiger partial charge in [0, 0.05) is 6.20 Å². The van der Waals surface area contributed by atoms with Crippen molar-refractivity contribution in [2.75, 3.05) is 12.4 Å². The third kappa shape index (κ3) is 3.37. The van der Waals surface area contributed by atoms with E-state index >= 15 is 0 Å². The molecule has 0 fully saturated rings. The largest absolute Gasteiger partial charge is 0.463 e. The van der Waals surface area contributed by atoms with Gasteiger partial charge in [0.1, 0.15) is 12.3 Å². The van der Waals surface area contributed by atoms with Crippen molar-refractivity contribution >= 4 is 17.6 Å². The number of hydrogen-bond donors (Lipinski definition) is 2. The fourth-order valence-electron chi connectivity index (χ4n) is 1.57. The molecule has 0 aliphatic heterocycles. The van der Waals surface area contributed by atoms with Gasteiger partial charge in [-0.25, -0.2) is 4.79 Å². The predicted molar refractivity (Wildman–Crippen MR) is 68.8 cm³/mol. The van der Waals surface area contributed by atoms with Crippen LogP contribution in [0.2, 0.25) is 0 Å². The monoisotopic (exact) mass is 278 g/mol. The van der Waals surface area contributed by atoms with Crippen LogP contribution < -0.4 is 11.1 Å². The Morgan fingerprint density at radius 2 is 2.30 bits per heavy atom. The molecule has 0 unspecified atom stereocenters. The zero-order chi connectivity index (χ0) is 14.5. The number of nitrogens with zero attached hydrogens (tertiary/aromatic N) is 2. The van der Waals surface area contributed by atoms with E-state index in [4.69, 9.17) is 10.2 Å². The van der Waals surface area contributed by atoms with Crippen molar-refractivity contribution in [1.29, 1.82) is 0 Å². The third-order valence-electron chi connectivity index (χ3n) is 2.47. The topological polar surface area (TPSA) is 112 Å². The Bertz CT molecular complexity index is 617. The molecule has 0 spiro atoms. The number of anilines is 1. The number of ether oxygens (including phenoxy) is 1. The molecule has 0 radical (unpaired) electrons. The van der Waals surface area contributed by atoms with Crippen molar-refractivity contribution in [2.24, 2.45) is 5.73 Å². The highest BCUT2D eigenvalue weighted by molar-refractivity contribution is 5.86. The van der Waals surface area contributed by atoms with Crippen LogP contribution in [0.1, 0.15) is 16.3 Å². The number of aromatic nitrogens is 2. The molecule has 106 valence electrons. The molecule has 1 amide bonds. The molecule has 2 heterocycles. The minimum absolute atomic E-state index is 0.0227. The number of amides is 1. The summed E-state index contributed by atoms with van der Waals surface area (Å²) in [5.74, 6) is -0.263. The highest BCUT2D eigenvalue weighted by atomic mass is 16.5. The van der Waals surface area contributed by atoms with Crippen LogP contribution in [0, 0.1) is 0 Å². The lowest BCUT2D eigenvalue weighted by Crippen LogP contribution is -2.18. The van der Waals surface area contributed by atoms with E-state index < -0.39 is 11.9 Å². The van der Waals surface area contributed by atoms with Gasteiger partial charge >= 0.3 is 5.97 Å². The molecule has 0 saturated heterocycles. The second kappa shape index (κ2) is 5.91. The van der Waals surface area contributed by atoms with Gasteiger partial charge in [-0.2, -0.15) is 5.10 Å². The van der Waals surface area contributed by atoms with Crippen LogP contribution in [0.15, 0.2) is 28.9 Å². The molecule has 0 aliphatic carbocycles. The number of furan rings is 1. The van der Waals surface area contributed by atoms with Gasteiger partial charge < -0.3 is 20.2 Å². The predicted octanol–water partition coefficient (Wildman–Crippen LogP) is 0.360. The molecule has 2 aromatic rings. The molecule has 0 aliphatic rings. The van der Waals surface area contributed by atoms with E-state index in [1.807, 2.05) is 0 Å². The van der Waals surface area contributed by atoms with Gasteiger partial charge in [0.2, 0.25) is 11.7 Å². The lowest BCUT2D eigenvalue weighted by atomic mass is 10.4. The van der Waals surface area contributed by atoms with E-state index in [2.05, 4.69) is 15.2 Å². The minimum atomic E-state index is -0.523. The zero-order valence-corrected chi connectivity index (χ0v) is 10.8. The second-order valence-electron chi connectivity index (χ2n) is 4.00. The fraction of sp³-hybridized carbons (Fsp3) is 0.250. The first-order valence-electron chi connectivity index (χ1n) is 5.80. The molecular formula is C12H14N4O4. The Labute approximate surface area is 114 Å². The number of carbonyl (C=O) groups is 2. The van der Waals surface area contributed by atoms with Crippen LogP contribution in [0.25, 0.3) is 0 Å². The Kier molecular flexibility index (Phi) is 4.04. The maximum Gasteiger partial charge on any atom is 0.373 e. The number of nitrogens with one attached hydrogen (secondary N) is 1. The summed E-state index contributed by atoms with van der Waals surface area (Å²) in [7, 11) is 1.29. The van der Waals surface area contributed by atoms with Gasteiger partial charge in [-0.05, 0) is 12.1 Å². The summed E-state index contributed by atoms with van der Waals surface area (Å²) >= 11 is 0. The summed E-state index contributed by atoms with van der Waals surface area (Å²) in [6, 6.07) is 3.21. The summed E-state index contributed by atoms with van der Waals surface area (Å²) in [5.41, 5.74) is 5.77. The average molecular weight is 278 g/mol. The van der Waals surface area contributed by atoms with Crippen LogP contribution in [0.4, 0.5) is 5.69 Å². The van der Waals surface area contributed by atoms with Gasteiger partial charge in [-0.15, -0.1) is 0 Å². The van der Waals surface area contributed by atoms with Crippen molar-refractivity contribution in [3.8, 4) is 0 Å². The van der Waals surface area contributed by atoms with Crippen molar-refractivity contribution in [1.82, 2.24) is 9.78 Å². The summed E-state index contributed by atoms with van der Waals surface area (Å²) < 4.78 is 11.3. The lowest BCUT2D eigenvalue weighted by Gasteiger charge is -2.00. The van der Waals surface area contributed by atoms with Gasteiger partial charge in [0.05, 0.1) is 25.5 Å². The fourth-order valence-corrected chi connectivity index (χ4v) is 1.57. The summed E-state index contributed by atoms with van der Waals surface area (Å²) in [6.07, 6.45) is 3.21. The zero-order valence-electron chi connectivity index (χ0n) is 10.8. The van der Waals surface area contributed by atoms with E-state index in [-0.39, 0.29) is 12.3 Å². The van der Waals surface area contributed by atoms with Crippen molar-refractivity contribution in [3.63, 3.8) is 0 Å². The van der Waals surface area contributed by atoms with Gasteiger partial charge in [-0.1, -0.05) is 0 Å². The smallest absolute Gasteiger partial charge is 0.373 e. The number of methoxy groups -OCH3 is 1. The first-order valence-corrected chi connectivity index (χ1v) is 5.80. The molecule has 8 heteroatoms. The quantitative estimate of drug-likeness (QED) is 0.738. The normalized spacial score (nSPS) is 10.2. The first kappa shape index (κ1) is 13.7. The van der Waals surface area contributed by atoms with Gasteiger partial charge in [0.25, 0.3) is 0 Å². The van der Waals surface area contributed by atoms with E-state index in [1.165, 1.54) is 11.8 Å². The van der Waals surface area contributed by atoms with Gasteiger partial charge in [-0.3, -0.25) is 9.48 Å². The highest BCUT2D eigenvalue weighted by Gasteiger charge is 2.11. The Hall–Kier alpha value is -2.77. The summed E-state index contributed by atoms with van der Waals surface area (Å²) in [6.45, 7) is 0.397. The molecule has 0 saturated carbocycles. The molecule has 2 rings (SSSR count). The Morgan fingerprint density at radius 1 is 1.50 bits per heavy atom. The standard InChI is InChI=1S/C12H14N4O4/c1-19-12(18)10-3-2-9(20-10)5-14-8-4-15-16(6-8)7-11(13)17/h2-4,6,14H,5,7H2,1H3,(H2,13,17). The SMILES string of the molecule is COC(=O)c1ccc(CNc2cnn(CC(N)=O)c2)o1. The first-order chi connectivity index (χ1) is 9.58.